The van der Waals surface area contributed by atoms with Crippen LogP contribution < -0.4 is 0 Å². The van der Waals surface area contributed by atoms with Crippen LogP contribution in [0.4, 0.5) is 0 Å². The molecule has 0 aromatic carbocycles. The van der Waals surface area contributed by atoms with E-state index < -0.39 is 0 Å². The maximum atomic E-state index is 2.58. The van der Waals surface area contributed by atoms with E-state index in [1.165, 1.54) is 64.2 Å². The molecule has 0 N–H and O–H groups in total. The van der Waals surface area contributed by atoms with Gasteiger partial charge in [-0.1, -0.05) is 73.1 Å². The molecule has 0 radical (unpaired) electrons. The summed E-state index contributed by atoms with van der Waals surface area (Å²) in [7, 11) is 0. The number of hydrogen-bond acceptors (Lipinski definition) is 0. The first-order valence-electron chi connectivity index (χ1n) is 8.99. The molecule has 0 saturated heterocycles. The Balaban J connectivity index is 2.43. The molecule has 0 aromatic heterocycles. The van der Waals surface area contributed by atoms with Crippen molar-refractivity contribution in [2.45, 2.75) is 98.8 Å². The van der Waals surface area contributed by atoms with Crippen LogP contribution >= 0.6 is 0 Å². The monoisotopic (exact) mass is 266 g/mol. The van der Waals surface area contributed by atoms with Gasteiger partial charge in [-0.3, -0.25) is 0 Å². The lowest BCUT2D eigenvalue weighted by Gasteiger charge is -2.41. The zero-order chi connectivity index (χ0) is 14.3. The van der Waals surface area contributed by atoms with Gasteiger partial charge in [0, 0.05) is 0 Å². The van der Waals surface area contributed by atoms with Crippen LogP contribution in [-0.2, 0) is 0 Å². The molecule has 0 spiro atoms. The molecule has 0 heteroatoms. The number of hydrogen-bond donors (Lipinski definition) is 0. The molecular weight excluding hydrogens is 228 g/mol. The van der Waals surface area contributed by atoms with Crippen molar-refractivity contribution in [2.24, 2.45) is 23.2 Å². The minimum Gasteiger partial charge on any atom is -0.0654 e. The van der Waals surface area contributed by atoms with E-state index in [0.717, 1.165) is 17.8 Å². The summed E-state index contributed by atoms with van der Waals surface area (Å²) in [6, 6.07) is 0. The van der Waals surface area contributed by atoms with Gasteiger partial charge >= 0.3 is 0 Å². The largest absolute Gasteiger partial charge is 0.0654 e. The maximum Gasteiger partial charge on any atom is -0.0321 e. The predicted octanol–water partition coefficient (Wildman–Crippen LogP) is 6.84. The van der Waals surface area contributed by atoms with Crippen LogP contribution in [0.1, 0.15) is 98.8 Å². The van der Waals surface area contributed by atoms with E-state index in [2.05, 4.69) is 34.6 Å². The van der Waals surface area contributed by atoms with Gasteiger partial charge in [-0.15, -0.1) is 0 Å². The second kappa shape index (κ2) is 8.32. The molecule has 114 valence electrons. The highest BCUT2D eigenvalue weighted by Gasteiger charge is 2.33. The van der Waals surface area contributed by atoms with Gasteiger partial charge in [0.05, 0.1) is 0 Å². The summed E-state index contributed by atoms with van der Waals surface area (Å²) < 4.78 is 0. The van der Waals surface area contributed by atoms with Crippen molar-refractivity contribution in [3.8, 4) is 0 Å². The summed E-state index contributed by atoms with van der Waals surface area (Å²) in [5.74, 6) is 2.90. The van der Waals surface area contributed by atoms with Crippen molar-refractivity contribution in [1.82, 2.24) is 0 Å². The maximum absolute atomic E-state index is 2.58. The standard InChI is InChI=1S/C19H38/c1-6-9-16(3)13-18-11-8-12-19(5,15-18)14-17(4)10-7-2/h16-18H,6-15H2,1-5H3. The molecule has 0 heterocycles. The second-order valence-electron chi connectivity index (χ2n) is 8.00. The Bertz CT molecular complexity index is 232. The van der Waals surface area contributed by atoms with E-state index in [4.69, 9.17) is 0 Å². The third kappa shape index (κ3) is 6.32. The van der Waals surface area contributed by atoms with Gasteiger partial charge < -0.3 is 0 Å². The quantitative estimate of drug-likeness (QED) is 0.451. The Morgan fingerprint density at radius 1 is 1.05 bits per heavy atom. The van der Waals surface area contributed by atoms with Gasteiger partial charge in [0.1, 0.15) is 0 Å². The molecule has 0 nitrogen and oxygen atoms in total. The Morgan fingerprint density at radius 3 is 2.32 bits per heavy atom. The van der Waals surface area contributed by atoms with E-state index in [1.54, 1.807) is 0 Å². The Labute approximate surface area is 122 Å². The van der Waals surface area contributed by atoms with Crippen molar-refractivity contribution >= 4 is 0 Å². The third-order valence-electron chi connectivity index (χ3n) is 5.31. The summed E-state index contributed by atoms with van der Waals surface area (Å²) in [6.07, 6.45) is 14.5. The van der Waals surface area contributed by atoms with Crippen molar-refractivity contribution in [2.75, 3.05) is 0 Å². The van der Waals surface area contributed by atoms with E-state index in [1.807, 2.05) is 0 Å². The minimum absolute atomic E-state index is 0.656. The fourth-order valence-electron chi connectivity index (χ4n) is 4.72. The fourth-order valence-corrected chi connectivity index (χ4v) is 4.72. The van der Waals surface area contributed by atoms with Crippen LogP contribution in [0.15, 0.2) is 0 Å². The lowest BCUT2D eigenvalue weighted by atomic mass is 9.65. The molecule has 1 aliphatic rings. The van der Waals surface area contributed by atoms with E-state index in [0.29, 0.717) is 5.41 Å². The van der Waals surface area contributed by atoms with Crippen LogP contribution in [-0.4, -0.2) is 0 Å². The molecule has 0 aromatic rings. The van der Waals surface area contributed by atoms with Gasteiger partial charge in [-0.2, -0.15) is 0 Å². The highest BCUT2D eigenvalue weighted by molar-refractivity contribution is 4.85. The first-order valence-corrected chi connectivity index (χ1v) is 8.99. The van der Waals surface area contributed by atoms with E-state index in [9.17, 15) is 0 Å². The summed E-state index contributed by atoms with van der Waals surface area (Å²) in [5, 5.41) is 0. The first-order chi connectivity index (χ1) is 8.99. The van der Waals surface area contributed by atoms with Crippen molar-refractivity contribution < 1.29 is 0 Å². The van der Waals surface area contributed by atoms with Crippen LogP contribution in [0.3, 0.4) is 0 Å². The van der Waals surface area contributed by atoms with Crippen LogP contribution in [0.25, 0.3) is 0 Å². The molecule has 1 aliphatic carbocycles. The Hall–Kier alpha value is 0. The topological polar surface area (TPSA) is 0 Å². The molecular formula is C19H38. The Kier molecular flexibility index (Phi) is 7.47. The van der Waals surface area contributed by atoms with Crippen LogP contribution in [0, 0.1) is 23.2 Å². The molecule has 1 rings (SSSR count). The summed E-state index contributed by atoms with van der Waals surface area (Å²) in [4.78, 5) is 0. The zero-order valence-electron chi connectivity index (χ0n) is 14.3. The third-order valence-corrected chi connectivity index (χ3v) is 5.31. The Morgan fingerprint density at radius 2 is 1.68 bits per heavy atom. The van der Waals surface area contributed by atoms with Crippen LogP contribution in [0.5, 0.6) is 0 Å². The van der Waals surface area contributed by atoms with E-state index in [-0.39, 0.29) is 0 Å². The summed E-state index contributed by atoms with van der Waals surface area (Å²) in [5.41, 5.74) is 0.656. The molecule has 1 saturated carbocycles. The van der Waals surface area contributed by atoms with Gasteiger partial charge in [-0.05, 0) is 48.9 Å². The van der Waals surface area contributed by atoms with Gasteiger partial charge in [0.2, 0.25) is 0 Å². The van der Waals surface area contributed by atoms with Crippen molar-refractivity contribution in [3.05, 3.63) is 0 Å². The fraction of sp³-hybridized carbons (Fsp3) is 1.00. The molecule has 0 aliphatic heterocycles. The average Bonchev–Trinajstić information content (AvgIpc) is 2.28. The normalized spacial score (nSPS) is 31.1. The number of rotatable bonds is 8. The second-order valence-corrected chi connectivity index (χ2v) is 8.00. The highest BCUT2D eigenvalue weighted by atomic mass is 14.4. The first kappa shape index (κ1) is 17.1. The molecule has 1 fully saturated rings. The van der Waals surface area contributed by atoms with Gasteiger partial charge in [0.25, 0.3) is 0 Å². The summed E-state index contributed by atoms with van der Waals surface area (Å²) in [6.45, 7) is 12.2. The minimum atomic E-state index is 0.656. The molecule has 4 unspecified atom stereocenters. The molecule has 0 amide bonds. The van der Waals surface area contributed by atoms with Crippen LogP contribution in [0.2, 0.25) is 0 Å². The molecule has 19 heavy (non-hydrogen) atoms. The highest BCUT2D eigenvalue weighted by Crippen LogP contribution is 2.46. The predicted molar refractivity (Wildman–Crippen MR) is 87.4 cm³/mol. The average molecular weight is 267 g/mol. The lowest BCUT2D eigenvalue weighted by molar-refractivity contribution is 0.110. The summed E-state index contributed by atoms with van der Waals surface area (Å²) >= 11 is 0. The van der Waals surface area contributed by atoms with Crippen molar-refractivity contribution in [1.29, 1.82) is 0 Å². The van der Waals surface area contributed by atoms with Gasteiger partial charge in [0.15, 0.2) is 0 Å². The van der Waals surface area contributed by atoms with E-state index >= 15 is 0 Å². The molecule has 4 atom stereocenters. The SMILES string of the molecule is CCCC(C)CC1CCCC(C)(CC(C)CCC)C1. The molecule has 0 bridgehead atoms. The lowest BCUT2D eigenvalue weighted by Crippen LogP contribution is -2.28. The van der Waals surface area contributed by atoms with Gasteiger partial charge in [-0.25, -0.2) is 0 Å². The van der Waals surface area contributed by atoms with Crippen molar-refractivity contribution in [3.63, 3.8) is 0 Å². The smallest absolute Gasteiger partial charge is 0.0321 e. The zero-order valence-corrected chi connectivity index (χ0v) is 14.3.